The predicted molar refractivity (Wildman–Crippen MR) is 132 cm³/mol. The molecule has 0 aliphatic carbocycles. The van der Waals surface area contributed by atoms with Crippen LogP contribution in [0.5, 0.6) is 0 Å². The second-order valence-corrected chi connectivity index (χ2v) is 8.23. The number of benzene rings is 3. The summed E-state index contributed by atoms with van der Waals surface area (Å²) in [6.07, 6.45) is 1.59. The number of amides is 1. The molecule has 0 radical (unpaired) electrons. The molecule has 1 heterocycles. The Morgan fingerprint density at radius 1 is 0.939 bits per heavy atom. The van der Waals surface area contributed by atoms with Crippen molar-refractivity contribution >= 4 is 23.0 Å². The molecule has 0 spiro atoms. The number of para-hydroxylation sites is 1. The van der Waals surface area contributed by atoms with Crippen molar-refractivity contribution in [1.29, 1.82) is 0 Å². The predicted octanol–water partition coefficient (Wildman–Crippen LogP) is 4.90. The molecule has 166 valence electrons. The standard InChI is InChI=1S/C27H26N4O2/c1-18(2)21-15-13-20(14-16-21)17-28-30-26(32)19(3)31-25(22-9-5-4-6-10-22)29-24-12-8-7-11-23(24)27(31)33/h4-19H,1-3H3,(H,30,32)/b28-17-/t19-/m0/s1. The lowest BCUT2D eigenvalue weighted by atomic mass is 10.0. The fourth-order valence-corrected chi connectivity index (χ4v) is 3.64. The van der Waals surface area contributed by atoms with Gasteiger partial charge < -0.3 is 0 Å². The van der Waals surface area contributed by atoms with Crippen LogP contribution in [0.3, 0.4) is 0 Å². The van der Waals surface area contributed by atoms with Gasteiger partial charge in [-0.2, -0.15) is 5.10 Å². The quantitative estimate of drug-likeness (QED) is 0.344. The van der Waals surface area contributed by atoms with Gasteiger partial charge in [-0.3, -0.25) is 14.2 Å². The van der Waals surface area contributed by atoms with Crippen molar-refractivity contribution in [3.05, 3.63) is 100 Å². The van der Waals surface area contributed by atoms with Gasteiger partial charge in [0.1, 0.15) is 11.9 Å². The zero-order valence-corrected chi connectivity index (χ0v) is 18.9. The summed E-state index contributed by atoms with van der Waals surface area (Å²) in [4.78, 5) is 31.0. The van der Waals surface area contributed by atoms with Gasteiger partial charge in [-0.1, -0.05) is 80.6 Å². The van der Waals surface area contributed by atoms with Crippen LogP contribution in [0.25, 0.3) is 22.3 Å². The normalized spacial score (nSPS) is 12.4. The number of aromatic nitrogens is 2. The molecule has 0 aliphatic heterocycles. The first-order valence-electron chi connectivity index (χ1n) is 11.0. The van der Waals surface area contributed by atoms with Crippen LogP contribution in [0.2, 0.25) is 0 Å². The molecule has 1 amide bonds. The van der Waals surface area contributed by atoms with Gasteiger partial charge in [0, 0.05) is 5.56 Å². The van der Waals surface area contributed by atoms with E-state index in [9.17, 15) is 9.59 Å². The molecule has 33 heavy (non-hydrogen) atoms. The summed E-state index contributed by atoms with van der Waals surface area (Å²) in [6, 6.07) is 23.7. The lowest BCUT2D eigenvalue weighted by Gasteiger charge is -2.18. The van der Waals surface area contributed by atoms with Crippen LogP contribution in [0, 0.1) is 0 Å². The molecule has 0 fully saturated rings. The van der Waals surface area contributed by atoms with E-state index < -0.39 is 11.9 Å². The smallest absolute Gasteiger partial charge is 0.263 e. The minimum absolute atomic E-state index is 0.268. The first-order valence-corrected chi connectivity index (χ1v) is 11.0. The van der Waals surface area contributed by atoms with Gasteiger partial charge in [0.2, 0.25) is 0 Å². The van der Waals surface area contributed by atoms with Crippen LogP contribution in [-0.2, 0) is 4.79 Å². The van der Waals surface area contributed by atoms with Crippen LogP contribution in [0.1, 0.15) is 43.9 Å². The van der Waals surface area contributed by atoms with Gasteiger partial charge >= 0.3 is 0 Å². The molecule has 0 unspecified atom stereocenters. The summed E-state index contributed by atoms with van der Waals surface area (Å²) in [5.74, 6) is 0.487. The fourth-order valence-electron chi connectivity index (χ4n) is 3.64. The second-order valence-electron chi connectivity index (χ2n) is 8.23. The van der Waals surface area contributed by atoms with Crippen molar-refractivity contribution in [2.45, 2.75) is 32.7 Å². The third-order valence-corrected chi connectivity index (χ3v) is 5.60. The molecule has 3 aromatic carbocycles. The minimum Gasteiger partial charge on any atom is -0.280 e. The van der Waals surface area contributed by atoms with Crippen molar-refractivity contribution in [3.63, 3.8) is 0 Å². The molecule has 0 saturated carbocycles. The van der Waals surface area contributed by atoms with Gasteiger partial charge in [-0.25, -0.2) is 10.4 Å². The van der Waals surface area contributed by atoms with Crippen LogP contribution < -0.4 is 11.0 Å². The molecule has 4 aromatic rings. The highest BCUT2D eigenvalue weighted by atomic mass is 16.2. The number of rotatable bonds is 6. The van der Waals surface area contributed by atoms with Crippen LogP contribution in [0.15, 0.2) is 88.8 Å². The van der Waals surface area contributed by atoms with Gasteiger partial charge in [0.05, 0.1) is 17.1 Å². The van der Waals surface area contributed by atoms with Crippen molar-refractivity contribution in [2.24, 2.45) is 5.10 Å². The lowest BCUT2D eigenvalue weighted by Crippen LogP contribution is -2.35. The maximum atomic E-state index is 13.4. The molecule has 6 nitrogen and oxygen atoms in total. The Balaban J connectivity index is 1.64. The number of carbonyl (C=O) groups excluding carboxylic acids is 1. The number of fused-ring (bicyclic) bond motifs is 1. The highest BCUT2D eigenvalue weighted by molar-refractivity contribution is 5.85. The van der Waals surface area contributed by atoms with Crippen molar-refractivity contribution in [2.75, 3.05) is 0 Å². The fraction of sp³-hybridized carbons (Fsp3) is 0.185. The number of hydrazone groups is 1. The summed E-state index contributed by atoms with van der Waals surface area (Å²) < 4.78 is 1.43. The molecular formula is C27H26N4O2. The monoisotopic (exact) mass is 438 g/mol. The summed E-state index contributed by atoms with van der Waals surface area (Å²) in [5.41, 5.74) is 5.76. The van der Waals surface area contributed by atoms with E-state index in [0.29, 0.717) is 22.6 Å². The summed E-state index contributed by atoms with van der Waals surface area (Å²) in [5, 5.41) is 4.56. The molecule has 0 saturated heterocycles. The molecule has 1 N–H and O–H groups in total. The lowest BCUT2D eigenvalue weighted by molar-refractivity contribution is -0.123. The van der Waals surface area contributed by atoms with Crippen LogP contribution in [-0.4, -0.2) is 21.7 Å². The van der Waals surface area contributed by atoms with Crippen LogP contribution >= 0.6 is 0 Å². The Labute approximate surface area is 192 Å². The largest absolute Gasteiger partial charge is 0.280 e. The van der Waals surface area contributed by atoms with Crippen molar-refractivity contribution < 1.29 is 4.79 Å². The first-order chi connectivity index (χ1) is 16.0. The maximum absolute atomic E-state index is 13.4. The average Bonchev–Trinajstić information content (AvgIpc) is 2.84. The highest BCUT2D eigenvalue weighted by Crippen LogP contribution is 2.22. The minimum atomic E-state index is -0.815. The van der Waals surface area contributed by atoms with Crippen LogP contribution in [0.4, 0.5) is 0 Å². The number of hydrogen-bond acceptors (Lipinski definition) is 4. The molecule has 6 heteroatoms. The van der Waals surface area contributed by atoms with E-state index in [1.807, 2.05) is 60.7 Å². The Hall–Kier alpha value is -4.06. The number of nitrogens with zero attached hydrogens (tertiary/aromatic N) is 3. The van der Waals surface area contributed by atoms with E-state index in [-0.39, 0.29) is 5.56 Å². The SMILES string of the molecule is CC(C)c1ccc(/C=N\NC(=O)[C@H](C)n2c(-c3ccccc3)nc3ccccc3c2=O)cc1. The Morgan fingerprint density at radius 2 is 1.61 bits per heavy atom. The topological polar surface area (TPSA) is 76.3 Å². The molecule has 1 atom stereocenters. The molecule has 4 rings (SSSR count). The Bertz CT molecular complexity index is 1360. The van der Waals surface area contributed by atoms with Gasteiger partial charge in [-0.15, -0.1) is 0 Å². The van der Waals surface area contributed by atoms with Gasteiger partial charge in [0.25, 0.3) is 11.5 Å². The molecular weight excluding hydrogens is 412 g/mol. The van der Waals surface area contributed by atoms with Gasteiger partial charge in [-0.05, 0) is 36.1 Å². The number of carbonyl (C=O) groups is 1. The van der Waals surface area contributed by atoms with E-state index in [2.05, 4.69) is 24.4 Å². The number of nitrogens with one attached hydrogen (secondary N) is 1. The van der Waals surface area contributed by atoms with E-state index in [0.717, 1.165) is 11.1 Å². The van der Waals surface area contributed by atoms with E-state index in [4.69, 9.17) is 4.98 Å². The molecule has 0 bridgehead atoms. The number of hydrogen-bond donors (Lipinski definition) is 1. The molecule has 0 aliphatic rings. The first kappa shape index (κ1) is 22.1. The third kappa shape index (κ3) is 4.75. The van der Waals surface area contributed by atoms with Crippen molar-refractivity contribution in [1.82, 2.24) is 15.0 Å². The maximum Gasteiger partial charge on any atom is 0.263 e. The second kappa shape index (κ2) is 9.61. The van der Waals surface area contributed by atoms with E-state index in [1.54, 1.807) is 31.3 Å². The third-order valence-electron chi connectivity index (χ3n) is 5.60. The Morgan fingerprint density at radius 3 is 2.30 bits per heavy atom. The highest BCUT2D eigenvalue weighted by Gasteiger charge is 2.22. The molecule has 1 aromatic heterocycles. The summed E-state index contributed by atoms with van der Waals surface area (Å²) in [7, 11) is 0. The summed E-state index contributed by atoms with van der Waals surface area (Å²) in [6.45, 7) is 5.95. The zero-order valence-electron chi connectivity index (χ0n) is 18.9. The summed E-state index contributed by atoms with van der Waals surface area (Å²) >= 11 is 0. The van der Waals surface area contributed by atoms with E-state index >= 15 is 0 Å². The van der Waals surface area contributed by atoms with E-state index in [1.165, 1.54) is 10.1 Å². The average molecular weight is 439 g/mol. The van der Waals surface area contributed by atoms with Crippen molar-refractivity contribution in [3.8, 4) is 11.4 Å². The zero-order chi connectivity index (χ0) is 23.4. The van der Waals surface area contributed by atoms with Gasteiger partial charge in [0.15, 0.2) is 0 Å². The Kier molecular flexibility index (Phi) is 6.45.